The van der Waals surface area contributed by atoms with Crippen LogP contribution in [0.3, 0.4) is 0 Å². The topological polar surface area (TPSA) is 15.3 Å². The highest BCUT2D eigenvalue weighted by Gasteiger charge is 2.13. The van der Waals surface area contributed by atoms with E-state index in [0.717, 1.165) is 19.6 Å². The zero-order chi connectivity index (χ0) is 15.0. The van der Waals surface area contributed by atoms with Crippen LogP contribution in [0.15, 0.2) is 6.07 Å². The van der Waals surface area contributed by atoms with Gasteiger partial charge >= 0.3 is 0 Å². The lowest BCUT2D eigenvalue weighted by atomic mass is 10.1. The maximum absolute atomic E-state index is 3.42. The molecule has 116 valence electrons. The van der Waals surface area contributed by atoms with E-state index < -0.39 is 0 Å². The quantitative estimate of drug-likeness (QED) is 0.636. The molecule has 20 heavy (non-hydrogen) atoms. The van der Waals surface area contributed by atoms with Crippen molar-refractivity contribution in [3.8, 4) is 0 Å². The highest BCUT2D eigenvalue weighted by molar-refractivity contribution is 7.12. The lowest BCUT2D eigenvalue weighted by molar-refractivity contribution is 0.208. The summed E-state index contributed by atoms with van der Waals surface area (Å²) >= 11 is 1.95. The van der Waals surface area contributed by atoms with E-state index in [9.17, 15) is 0 Å². The summed E-state index contributed by atoms with van der Waals surface area (Å²) in [5.74, 6) is 0. The molecule has 0 aliphatic carbocycles. The fraction of sp³-hybridized carbons (Fsp3) is 0.765. The molecule has 1 N–H and O–H groups in total. The maximum Gasteiger partial charge on any atom is 0.0299 e. The molecule has 0 unspecified atom stereocenters. The molecular formula is C17H32N2S. The molecule has 0 spiro atoms. The predicted octanol–water partition coefficient (Wildman–Crippen LogP) is 4.57. The number of hydrogen-bond donors (Lipinski definition) is 1. The first-order valence-corrected chi connectivity index (χ1v) is 8.93. The van der Waals surface area contributed by atoms with Crippen LogP contribution in [0.1, 0.15) is 62.3 Å². The van der Waals surface area contributed by atoms with Gasteiger partial charge in [-0.1, -0.05) is 26.7 Å². The van der Waals surface area contributed by atoms with Crippen molar-refractivity contribution >= 4 is 11.3 Å². The van der Waals surface area contributed by atoms with Crippen molar-refractivity contribution in [3.05, 3.63) is 21.4 Å². The third-order valence-electron chi connectivity index (χ3n) is 3.77. The van der Waals surface area contributed by atoms with Gasteiger partial charge in [-0.25, -0.2) is 0 Å². The molecule has 0 aliphatic rings. The fourth-order valence-corrected chi connectivity index (χ4v) is 3.41. The second-order valence-corrected chi connectivity index (χ2v) is 7.19. The molecular weight excluding hydrogens is 264 g/mol. The van der Waals surface area contributed by atoms with Crippen LogP contribution in [0, 0.1) is 6.92 Å². The van der Waals surface area contributed by atoms with Gasteiger partial charge in [0.15, 0.2) is 0 Å². The zero-order valence-electron chi connectivity index (χ0n) is 14.0. The van der Waals surface area contributed by atoms with Crippen LogP contribution in [0.4, 0.5) is 0 Å². The average Bonchev–Trinajstić information content (AvgIpc) is 2.75. The minimum absolute atomic E-state index is 0.628. The van der Waals surface area contributed by atoms with Crippen molar-refractivity contribution in [3.63, 3.8) is 0 Å². The zero-order valence-corrected chi connectivity index (χ0v) is 14.8. The molecule has 0 atom stereocenters. The van der Waals surface area contributed by atoms with Crippen molar-refractivity contribution in [2.45, 2.75) is 73.0 Å². The van der Waals surface area contributed by atoms with E-state index in [4.69, 9.17) is 0 Å². The number of thiophene rings is 1. The molecule has 2 nitrogen and oxygen atoms in total. The molecule has 1 aromatic rings. The lowest BCUT2D eigenvalue weighted by Crippen LogP contribution is -2.31. The van der Waals surface area contributed by atoms with Crippen LogP contribution in [-0.2, 0) is 13.1 Å². The van der Waals surface area contributed by atoms with Crippen molar-refractivity contribution in [1.29, 1.82) is 0 Å². The second-order valence-electron chi connectivity index (χ2n) is 5.85. The fourth-order valence-electron chi connectivity index (χ4n) is 2.38. The van der Waals surface area contributed by atoms with Gasteiger partial charge in [-0.2, -0.15) is 0 Å². The normalized spacial score (nSPS) is 11.8. The Bertz CT molecular complexity index is 371. The van der Waals surface area contributed by atoms with E-state index in [1.165, 1.54) is 41.1 Å². The third kappa shape index (κ3) is 5.94. The van der Waals surface area contributed by atoms with Crippen molar-refractivity contribution in [2.24, 2.45) is 0 Å². The molecule has 0 bridgehead atoms. The van der Waals surface area contributed by atoms with E-state index in [2.05, 4.69) is 50.9 Å². The number of nitrogens with one attached hydrogen (secondary N) is 1. The maximum atomic E-state index is 3.42. The molecule has 0 amide bonds. The van der Waals surface area contributed by atoms with Crippen LogP contribution in [0.2, 0.25) is 0 Å². The monoisotopic (exact) mass is 296 g/mol. The minimum Gasteiger partial charge on any atom is -0.312 e. The summed E-state index contributed by atoms with van der Waals surface area (Å²) in [7, 11) is 0. The van der Waals surface area contributed by atoms with Gasteiger partial charge in [0.1, 0.15) is 0 Å². The Hall–Kier alpha value is -0.380. The second kappa shape index (κ2) is 9.54. The Morgan fingerprint density at radius 1 is 1.25 bits per heavy atom. The van der Waals surface area contributed by atoms with Crippen molar-refractivity contribution < 1.29 is 0 Å². The van der Waals surface area contributed by atoms with Crippen LogP contribution >= 0.6 is 11.3 Å². The van der Waals surface area contributed by atoms with Crippen LogP contribution in [0.5, 0.6) is 0 Å². The lowest BCUT2D eigenvalue weighted by Gasteiger charge is -2.26. The standard InChI is InChI=1S/C17H32N2S/c1-6-8-9-10-19(14(3)4)13-16-11-17(12-18-7-2)20-15(16)5/h11,14,18H,6-10,12-13H2,1-5H3. The number of hydrogen-bond acceptors (Lipinski definition) is 3. The Balaban J connectivity index is 2.60. The number of unbranched alkanes of at least 4 members (excludes halogenated alkanes) is 2. The smallest absolute Gasteiger partial charge is 0.0299 e. The van der Waals surface area contributed by atoms with E-state index >= 15 is 0 Å². The summed E-state index contributed by atoms with van der Waals surface area (Å²) in [5.41, 5.74) is 1.52. The first-order valence-electron chi connectivity index (χ1n) is 8.11. The summed E-state index contributed by atoms with van der Waals surface area (Å²) in [6, 6.07) is 3.03. The van der Waals surface area contributed by atoms with Crippen molar-refractivity contribution in [1.82, 2.24) is 10.2 Å². The average molecular weight is 297 g/mol. The highest BCUT2D eigenvalue weighted by atomic mass is 32.1. The summed E-state index contributed by atoms with van der Waals surface area (Å²) in [6.07, 6.45) is 3.97. The third-order valence-corrected chi connectivity index (χ3v) is 4.87. The van der Waals surface area contributed by atoms with Gasteiger partial charge < -0.3 is 5.32 Å². The largest absolute Gasteiger partial charge is 0.312 e. The predicted molar refractivity (Wildman–Crippen MR) is 91.5 cm³/mol. The molecule has 0 radical (unpaired) electrons. The van der Waals surface area contributed by atoms with E-state index in [1.54, 1.807) is 0 Å². The molecule has 0 fully saturated rings. The van der Waals surface area contributed by atoms with E-state index in [-0.39, 0.29) is 0 Å². The molecule has 1 heterocycles. The molecule has 0 saturated heterocycles. The molecule has 3 heteroatoms. The molecule has 0 aliphatic heterocycles. The minimum atomic E-state index is 0.628. The Morgan fingerprint density at radius 2 is 2.00 bits per heavy atom. The van der Waals surface area contributed by atoms with Gasteiger partial charge in [0, 0.05) is 28.9 Å². The molecule has 0 aromatic carbocycles. The van der Waals surface area contributed by atoms with Gasteiger partial charge in [-0.3, -0.25) is 4.90 Å². The number of nitrogens with zero attached hydrogens (tertiary/aromatic N) is 1. The Kier molecular flexibility index (Phi) is 8.43. The highest BCUT2D eigenvalue weighted by Crippen LogP contribution is 2.23. The van der Waals surface area contributed by atoms with Gasteiger partial charge in [0.05, 0.1) is 0 Å². The first kappa shape index (κ1) is 17.7. The summed E-state index contributed by atoms with van der Waals surface area (Å²) in [6.45, 7) is 15.7. The summed E-state index contributed by atoms with van der Waals surface area (Å²) in [4.78, 5) is 5.57. The molecule has 1 aromatic heterocycles. The Labute approximate surface area is 129 Å². The number of aryl methyl sites for hydroxylation is 1. The summed E-state index contributed by atoms with van der Waals surface area (Å²) < 4.78 is 0. The summed E-state index contributed by atoms with van der Waals surface area (Å²) in [5, 5.41) is 3.42. The number of rotatable bonds is 10. The van der Waals surface area contributed by atoms with Crippen LogP contribution < -0.4 is 5.32 Å². The van der Waals surface area contributed by atoms with Crippen LogP contribution in [-0.4, -0.2) is 24.0 Å². The van der Waals surface area contributed by atoms with Gasteiger partial charge in [-0.05, 0) is 51.9 Å². The van der Waals surface area contributed by atoms with Gasteiger partial charge in [0.25, 0.3) is 0 Å². The SMILES string of the molecule is CCCCCN(Cc1cc(CNCC)sc1C)C(C)C. The van der Waals surface area contributed by atoms with Gasteiger partial charge in [-0.15, -0.1) is 11.3 Å². The van der Waals surface area contributed by atoms with Gasteiger partial charge in [0.2, 0.25) is 0 Å². The Morgan fingerprint density at radius 3 is 2.60 bits per heavy atom. The molecule has 0 saturated carbocycles. The molecule has 1 rings (SSSR count). The van der Waals surface area contributed by atoms with Crippen LogP contribution in [0.25, 0.3) is 0 Å². The van der Waals surface area contributed by atoms with E-state index in [1.807, 2.05) is 11.3 Å². The van der Waals surface area contributed by atoms with E-state index in [0.29, 0.717) is 6.04 Å². The first-order chi connectivity index (χ1) is 9.58. The van der Waals surface area contributed by atoms with Crippen molar-refractivity contribution in [2.75, 3.05) is 13.1 Å².